The molecule has 0 unspecified atom stereocenters. The minimum atomic E-state index is -0.373. The van der Waals surface area contributed by atoms with Gasteiger partial charge in [0.1, 0.15) is 5.82 Å². The molecule has 0 aliphatic rings. The summed E-state index contributed by atoms with van der Waals surface area (Å²) in [5, 5.41) is 5.42. The number of hydrogen-bond donors (Lipinski definition) is 2. The lowest BCUT2D eigenvalue weighted by Crippen LogP contribution is -2.28. The van der Waals surface area contributed by atoms with E-state index in [1.54, 1.807) is 18.6 Å². The number of pyridine rings is 2. The third kappa shape index (κ3) is 3.92. The van der Waals surface area contributed by atoms with Crippen molar-refractivity contribution in [3.8, 4) is 11.3 Å². The summed E-state index contributed by atoms with van der Waals surface area (Å²) in [7, 11) is 0. The third-order valence-corrected chi connectivity index (χ3v) is 3.37. The molecule has 2 aromatic heterocycles. The third-order valence-electron chi connectivity index (χ3n) is 3.37. The van der Waals surface area contributed by atoms with Gasteiger partial charge < -0.3 is 10.6 Å². The maximum atomic E-state index is 12.9. The number of anilines is 1. The Bertz CT molecular complexity index is 822. The van der Waals surface area contributed by atoms with Crippen LogP contribution >= 0.6 is 0 Å². The largest absolute Gasteiger partial charge is 0.334 e. The van der Waals surface area contributed by atoms with Gasteiger partial charge in [-0.2, -0.15) is 0 Å². The van der Waals surface area contributed by atoms with Gasteiger partial charge in [0.2, 0.25) is 0 Å². The van der Waals surface area contributed by atoms with E-state index in [1.165, 1.54) is 24.3 Å². The van der Waals surface area contributed by atoms with E-state index in [9.17, 15) is 9.18 Å². The van der Waals surface area contributed by atoms with Crippen LogP contribution in [0.2, 0.25) is 0 Å². The molecule has 1 aromatic carbocycles. The fraction of sp³-hybridized carbons (Fsp3) is 0.0556. The van der Waals surface area contributed by atoms with E-state index in [0.717, 1.165) is 16.8 Å². The van der Waals surface area contributed by atoms with Crippen LogP contribution in [0.1, 0.15) is 5.56 Å². The van der Waals surface area contributed by atoms with Crippen LogP contribution in [0, 0.1) is 5.82 Å². The molecule has 3 aromatic rings. The van der Waals surface area contributed by atoms with Gasteiger partial charge in [-0.15, -0.1) is 0 Å². The molecule has 0 aliphatic heterocycles. The highest BCUT2D eigenvalue weighted by Crippen LogP contribution is 2.19. The number of hydrogen-bond acceptors (Lipinski definition) is 3. The van der Waals surface area contributed by atoms with Crippen LogP contribution in [0.25, 0.3) is 11.3 Å². The van der Waals surface area contributed by atoms with Crippen molar-refractivity contribution in [2.75, 3.05) is 5.32 Å². The summed E-state index contributed by atoms with van der Waals surface area (Å²) in [4.78, 5) is 20.4. The summed E-state index contributed by atoms with van der Waals surface area (Å²) in [5.41, 5.74) is 3.05. The highest BCUT2D eigenvalue weighted by molar-refractivity contribution is 5.89. The van der Waals surface area contributed by atoms with E-state index < -0.39 is 0 Å². The van der Waals surface area contributed by atoms with Crippen LogP contribution < -0.4 is 10.6 Å². The normalized spacial score (nSPS) is 10.2. The van der Waals surface area contributed by atoms with Crippen molar-refractivity contribution in [3.63, 3.8) is 0 Å². The Kier molecular flexibility index (Phi) is 4.76. The predicted molar refractivity (Wildman–Crippen MR) is 89.7 cm³/mol. The molecule has 6 heteroatoms. The first kappa shape index (κ1) is 15.6. The standard InChI is InChI=1S/C18H15FN4O/c19-15-5-7-16(8-6-15)23-18(24)22-12-14-4-2-10-21-17(14)13-3-1-9-20-11-13/h1-11H,12H2,(H2,22,23,24). The number of aromatic nitrogens is 2. The molecule has 0 spiro atoms. The molecule has 0 aliphatic carbocycles. The number of rotatable bonds is 4. The lowest BCUT2D eigenvalue weighted by atomic mass is 10.1. The lowest BCUT2D eigenvalue weighted by Gasteiger charge is -2.10. The van der Waals surface area contributed by atoms with Gasteiger partial charge in [-0.1, -0.05) is 6.07 Å². The van der Waals surface area contributed by atoms with Crippen molar-refractivity contribution >= 4 is 11.7 Å². The number of nitrogens with zero attached hydrogens (tertiary/aromatic N) is 2. The number of carbonyl (C=O) groups excluding carboxylic acids is 1. The first-order valence-electron chi connectivity index (χ1n) is 7.37. The van der Waals surface area contributed by atoms with Gasteiger partial charge in [0, 0.05) is 36.4 Å². The number of urea groups is 1. The van der Waals surface area contributed by atoms with Crippen molar-refractivity contribution in [1.82, 2.24) is 15.3 Å². The van der Waals surface area contributed by atoms with Crippen LogP contribution in [0.4, 0.5) is 14.9 Å². The SMILES string of the molecule is O=C(NCc1cccnc1-c1cccnc1)Nc1ccc(F)cc1. The molecule has 3 rings (SSSR count). The van der Waals surface area contributed by atoms with Gasteiger partial charge in [-0.25, -0.2) is 9.18 Å². The average Bonchev–Trinajstić information content (AvgIpc) is 2.63. The van der Waals surface area contributed by atoms with Gasteiger partial charge in [-0.3, -0.25) is 9.97 Å². The molecule has 2 amide bonds. The van der Waals surface area contributed by atoms with E-state index in [2.05, 4.69) is 20.6 Å². The second kappa shape index (κ2) is 7.32. The molecular formula is C18H15FN4O. The van der Waals surface area contributed by atoms with Crippen molar-refractivity contribution in [2.24, 2.45) is 0 Å². The van der Waals surface area contributed by atoms with Crippen molar-refractivity contribution in [1.29, 1.82) is 0 Å². The minimum Gasteiger partial charge on any atom is -0.334 e. The summed E-state index contributed by atoms with van der Waals surface area (Å²) >= 11 is 0. The summed E-state index contributed by atoms with van der Waals surface area (Å²) in [5.74, 6) is -0.350. The molecule has 2 heterocycles. The smallest absolute Gasteiger partial charge is 0.319 e. The molecule has 5 nitrogen and oxygen atoms in total. The molecule has 0 saturated heterocycles. The monoisotopic (exact) mass is 322 g/mol. The van der Waals surface area contributed by atoms with Crippen LogP contribution in [0.15, 0.2) is 67.1 Å². The van der Waals surface area contributed by atoms with Crippen LogP contribution in [0.3, 0.4) is 0 Å². The number of carbonyl (C=O) groups is 1. The fourth-order valence-corrected chi connectivity index (χ4v) is 2.23. The highest BCUT2D eigenvalue weighted by atomic mass is 19.1. The molecule has 0 saturated carbocycles. The summed E-state index contributed by atoms with van der Waals surface area (Å²) < 4.78 is 12.9. The summed E-state index contributed by atoms with van der Waals surface area (Å²) in [6, 6.07) is 12.7. The predicted octanol–water partition coefficient (Wildman–Crippen LogP) is 3.60. The Morgan fingerprint density at radius 3 is 2.58 bits per heavy atom. The van der Waals surface area contributed by atoms with Crippen molar-refractivity contribution in [2.45, 2.75) is 6.54 Å². The number of amides is 2. The van der Waals surface area contributed by atoms with Crippen LogP contribution in [0.5, 0.6) is 0 Å². The second-order valence-electron chi connectivity index (χ2n) is 5.07. The molecule has 2 N–H and O–H groups in total. The first-order valence-corrected chi connectivity index (χ1v) is 7.37. The average molecular weight is 322 g/mol. The molecule has 24 heavy (non-hydrogen) atoms. The van der Waals surface area contributed by atoms with E-state index in [4.69, 9.17) is 0 Å². The number of nitrogens with one attached hydrogen (secondary N) is 2. The van der Waals surface area contributed by atoms with Crippen molar-refractivity contribution in [3.05, 3.63) is 78.5 Å². The van der Waals surface area contributed by atoms with Gasteiger partial charge in [0.05, 0.1) is 5.69 Å². The minimum absolute atomic E-state index is 0.311. The maximum Gasteiger partial charge on any atom is 0.319 e. The molecule has 0 radical (unpaired) electrons. The molecule has 120 valence electrons. The van der Waals surface area contributed by atoms with Crippen LogP contribution in [-0.2, 0) is 6.54 Å². The van der Waals surface area contributed by atoms with Crippen molar-refractivity contribution < 1.29 is 9.18 Å². The first-order chi connectivity index (χ1) is 11.7. The lowest BCUT2D eigenvalue weighted by molar-refractivity contribution is 0.251. The molecule has 0 fully saturated rings. The van der Waals surface area contributed by atoms with Gasteiger partial charge in [-0.05, 0) is 48.0 Å². The Morgan fingerprint density at radius 2 is 1.83 bits per heavy atom. The zero-order valence-corrected chi connectivity index (χ0v) is 12.7. The summed E-state index contributed by atoms with van der Waals surface area (Å²) in [6.45, 7) is 0.311. The zero-order valence-electron chi connectivity index (χ0n) is 12.7. The molecule has 0 atom stereocenters. The van der Waals surface area contributed by atoms with Crippen LogP contribution in [-0.4, -0.2) is 16.0 Å². The molecular weight excluding hydrogens is 307 g/mol. The summed E-state index contributed by atoms with van der Waals surface area (Å²) in [6.07, 6.45) is 5.12. The van der Waals surface area contributed by atoms with E-state index >= 15 is 0 Å². The quantitative estimate of drug-likeness (QED) is 0.771. The second-order valence-corrected chi connectivity index (χ2v) is 5.07. The maximum absolute atomic E-state index is 12.9. The fourth-order valence-electron chi connectivity index (χ4n) is 2.23. The van der Waals surface area contributed by atoms with Gasteiger partial charge in [0.25, 0.3) is 0 Å². The van der Waals surface area contributed by atoms with E-state index in [0.29, 0.717) is 12.2 Å². The molecule has 0 bridgehead atoms. The zero-order chi connectivity index (χ0) is 16.8. The number of benzene rings is 1. The topological polar surface area (TPSA) is 66.9 Å². The Hall–Kier alpha value is -3.28. The Morgan fingerprint density at radius 1 is 1.04 bits per heavy atom. The Labute approximate surface area is 138 Å². The van der Waals surface area contributed by atoms with Gasteiger partial charge in [0.15, 0.2) is 0 Å². The van der Waals surface area contributed by atoms with E-state index in [-0.39, 0.29) is 11.8 Å². The highest BCUT2D eigenvalue weighted by Gasteiger charge is 2.08. The van der Waals surface area contributed by atoms with Gasteiger partial charge >= 0.3 is 6.03 Å². The van der Waals surface area contributed by atoms with E-state index in [1.807, 2.05) is 24.3 Å². The number of halogens is 1. The Balaban J connectivity index is 1.66.